The lowest BCUT2D eigenvalue weighted by atomic mass is 10.1. The van der Waals surface area contributed by atoms with Crippen LogP contribution < -0.4 is 15.6 Å². The molecule has 11 heteroatoms. The number of piperazine rings is 1. The molecule has 136 valence electrons. The number of sulfonamides is 1. The Morgan fingerprint density at radius 1 is 1.28 bits per heavy atom. The monoisotopic (exact) mass is 369 g/mol. The van der Waals surface area contributed by atoms with Crippen LogP contribution in [-0.2, 0) is 10.0 Å². The largest absolute Gasteiger partial charge is 0.502 e. The van der Waals surface area contributed by atoms with Crippen LogP contribution in [0, 0.1) is 0 Å². The van der Waals surface area contributed by atoms with E-state index in [1.165, 1.54) is 16.9 Å². The Morgan fingerprint density at radius 2 is 2.04 bits per heavy atom. The third-order valence-electron chi connectivity index (χ3n) is 4.92. The van der Waals surface area contributed by atoms with E-state index in [2.05, 4.69) is 15.0 Å². The highest BCUT2D eigenvalue weighted by Crippen LogP contribution is 2.29. The van der Waals surface area contributed by atoms with E-state index in [4.69, 9.17) is 0 Å². The summed E-state index contributed by atoms with van der Waals surface area (Å²) in [6, 6.07) is 1.04. The molecule has 1 amide bonds. The van der Waals surface area contributed by atoms with E-state index in [-0.39, 0.29) is 23.9 Å². The van der Waals surface area contributed by atoms with Crippen molar-refractivity contribution in [1.82, 2.24) is 19.2 Å². The van der Waals surface area contributed by atoms with E-state index in [0.29, 0.717) is 26.1 Å². The summed E-state index contributed by atoms with van der Waals surface area (Å²) in [6.45, 7) is 1.52. The zero-order valence-electron chi connectivity index (χ0n) is 13.5. The van der Waals surface area contributed by atoms with Crippen LogP contribution in [0.5, 0.6) is 5.75 Å². The Bertz CT molecular complexity index is 897. The molecular formula is C14H19N5O5S. The van der Waals surface area contributed by atoms with Gasteiger partial charge in [0, 0.05) is 44.0 Å². The molecule has 1 aromatic rings. The van der Waals surface area contributed by atoms with Crippen molar-refractivity contribution in [1.29, 1.82) is 0 Å². The van der Waals surface area contributed by atoms with Gasteiger partial charge in [-0.2, -0.15) is 0 Å². The van der Waals surface area contributed by atoms with Crippen molar-refractivity contribution in [3.8, 4) is 5.75 Å². The van der Waals surface area contributed by atoms with Crippen LogP contribution in [0.2, 0.25) is 0 Å². The zero-order valence-corrected chi connectivity index (χ0v) is 14.4. The number of aromatic hydroxyl groups is 1. The van der Waals surface area contributed by atoms with Crippen LogP contribution in [0.1, 0.15) is 16.9 Å². The molecule has 10 nitrogen and oxygen atoms in total. The molecule has 1 aromatic heterocycles. The predicted octanol–water partition coefficient (Wildman–Crippen LogP) is -2.11. The summed E-state index contributed by atoms with van der Waals surface area (Å²) in [5.74, 6) is -0.970. The average Bonchev–Trinajstić information content (AvgIpc) is 2.88. The quantitative estimate of drug-likeness (QED) is 0.545. The fourth-order valence-electron chi connectivity index (χ4n) is 3.93. The van der Waals surface area contributed by atoms with Gasteiger partial charge in [-0.05, 0) is 6.42 Å². The number of aromatic nitrogens is 1. The molecular weight excluding hydrogens is 350 g/mol. The van der Waals surface area contributed by atoms with Gasteiger partial charge < -0.3 is 15.4 Å². The Kier molecular flexibility index (Phi) is 3.56. The van der Waals surface area contributed by atoms with Crippen LogP contribution in [0.3, 0.4) is 0 Å². The van der Waals surface area contributed by atoms with Gasteiger partial charge in [-0.15, -0.1) is 0 Å². The van der Waals surface area contributed by atoms with Gasteiger partial charge in [0.2, 0.25) is 15.5 Å². The first kappa shape index (κ1) is 16.4. The molecule has 2 unspecified atom stereocenters. The molecule has 0 aromatic carbocycles. The number of hydrogen-bond acceptors (Lipinski definition) is 7. The van der Waals surface area contributed by atoms with Crippen LogP contribution in [-0.4, -0.2) is 78.0 Å². The molecule has 0 bridgehead atoms. The Hall–Kier alpha value is -2.11. The van der Waals surface area contributed by atoms with Gasteiger partial charge in [-0.3, -0.25) is 19.2 Å². The molecule has 0 aliphatic carbocycles. The second kappa shape index (κ2) is 5.44. The summed E-state index contributed by atoms with van der Waals surface area (Å²) in [4.78, 5) is 28.1. The molecule has 0 saturated carbocycles. The summed E-state index contributed by atoms with van der Waals surface area (Å²) in [5, 5.41) is 9.95. The van der Waals surface area contributed by atoms with Gasteiger partial charge in [0.25, 0.3) is 5.91 Å². The maximum absolute atomic E-state index is 12.8. The molecule has 4 rings (SSSR count). The van der Waals surface area contributed by atoms with E-state index >= 15 is 0 Å². The smallest absolute Gasteiger partial charge is 0.278 e. The first-order valence-electron chi connectivity index (χ1n) is 7.96. The summed E-state index contributed by atoms with van der Waals surface area (Å²) in [6.07, 6.45) is 2.86. The van der Waals surface area contributed by atoms with Crippen LogP contribution >= 0.6 is 0 Å². The van der Waals surface area contributed by atoms with Gasteiger partial charge in [-0.1, -0.05) is 0 Å². The molecule has 4 heterocycles. The highest BCUT2D eigenvalue weighted by molar-refractivity contribution is 7.88. The number of fused-ring (bicyclic) bond motifs is 3. The summed E-state index contributed by atoms with van der Waals surface area (Å²) < 4.78 is 26.9. The molecule has 3 aliphatic heterocycles. The number of amides is 1. The average molecular weight is 369 g/mol. The summed E-state index contributed by atoms with van der Waals surface area (Å²) >= 11 is 0. The number of pyridine rings is 1. The van der Waals surface area contributed by atoms with Crippen molar-refractivity contribution in [2.45, 2.75) is 24.7 Å². The molecule has 25 heavy (non-hydrogen) atoms. The molecule has 2 saturated heterocycles. The van der Waals surface area contributed by atoms with Crippen molar-refractivity contribution in [3.05, 3.63) is 28.2 Å². The van der Waals surface area contributed by atoms with E-state index in [1.807, 2.05) is 0 Å². The first-order valence-corrected chi connectivity index (χ1v) is 9.85. The topological polar surface area (TPSA) is 124 Å². The van der Waals surface area contributed by atoms with Crippen LogP contribution in [0.15, 0.2) is 17.1 Å². The minimum atomic E-state index is -3.29. The van der Waals surface area contributed by atoms with Gasteiger partial charge in [0.15, 0.2) is 11.4 Å². The Labute approximate surface area is 144 Å². The minimum Gasteiger partial charge on any atom is -0.502 e. The number of nitrogens with one attached hydrogen (secondary N) is 2. The zero-order chi connectivity index (χ0) is 17.9. The number of rotatable bonds is 2. The Balaban J connectivity index is 1.59. The molecule has 2 fully saturated rings. The van der Waals surface area contributed by atoms with Crippen molar-refractivity contribution >= 4 is 15.9 Å². The van der Waals surface area contributed by atoms with Crippen molar-refractivity contribution < 1.29 is 18.3 Å². The van der Waals surface area contributed by atoms with Gasteiger partial charge in [0.05, 0.1) is 6.26 Å². The van der Waals surface area contributed by atoms with E-state index in [9.17, 15) is 23.1 Å². The lowest BCUT2D eigenvalue weighted by Gasteiger charge is -2.46. The third kappa shape index (κ3) is 2.77. The molecule has 0 radical (unpaired) electrons. The number of carbonyl (C=O) groups is 1. The summed E-state index contributed by atoms with van der Waals surface area (Å²) in [5.41, 5.74) is 2.45. The normalized spacial score (nSPS) is 28.9. The van der Waals surface area contributed by atoms with Crippen molar-refractivity contribution in [3.63, 3.8) is 0 Å². The third-order valence-corrected chi connectivity index (χ3v) is 5.69. The second-order valence-electron chi connectivity index (χ2n) is 6.78. The van der Waals surface area contributed by atoms with Crippen molar-refractivity contribution in [2.75, 3.05) is 31.3 Å². The van der Waals surface area contributed by atoms with Gasteiger partial charge in [0.1, 0.15) is 6.17 Å². The Morgan fingerprint density at radius 3 is 2.76 bits per heavy atom. The van der Waals surface area contributed by atoms with E-state index in [0.717, 1.165) is 6.26 Å². The van der Waals surface area contributed by atoms with Gasteiger partial charge >= 0.3 is 0 Å². The predicted molar refractivity (Wildman–Crippen MR) is 88.3 cm³/mol. The highest BCUT2D eigenvalue weighted by Gasteiger charge is 2.45. The van der Waals surface area contributed by atoms with Gasteiger partial charge in [-0.25, -0.2) is 13.1 Å². The SMILES string of the molecule is CS(=O)(=O)NC1CC2CN3C(=O)c4c(O)c(=O)ccn4N[C@@H]3CN2C1. The minimum absolute atomic E-state index is 0.0328. The second-order valence-corrected chi connectivity index (χ2v) is 8.56. The maximum atomic E-state index is 12.8. The number of carbonyl (C=O) groups excluding carboxylic acids is 1. The fraction of sp³-hybridized carbons (Fsp3) is 0.571. The maximum Gasteiger partial charge on any atom is 0.278 e. The van der Waals surface area contributed by atoms with E-state index in [1.54, 1.807) is 4.90 Å². The lowest BCUT2D eigenvalue weighted by molar-refractivity contribution is 0.0318. The summed E-state index contributed by atoms with van der Waals surface area (Å²) in [7, 11) is -3.29. The highest BCUT2D eigenvalue weighted by atomic mass is 32.2. The number of nitrogens with zero attached hydrogens (tertiary/aromatic N) is 3. The lowest BCUT2D eigenvalue weighted by Crippen LogP contribution is -2.64. The van der Waals surface area contributed by atoms with Crippen molar-refractivity contribution in [2.24, 2.45) is 0 Å². The molecule has 3 aliphatic rings. The van der Waals surface area contributed by atoms with Crippen LogP contribution in [0.25, 0.3) is 0 Å². The molecule has 3 N–H and O–H groups in total. The number of hydrogen-bond donors (Lipinski definition) is 3. The fourth-order valence-corrected chi connectivity index (χ4v) is 4.71. The van der Waals surface area contributed by atoms with E-state index < -0.39 is 27.1 Å². The molecule has 3 atom stereocenters. The standard InChI is InChI=1S/C14H19N5O5S/c1-25(23,24)16-8-4-9-6-18-11(7-17(9)5-8)15-19-3-2-10(20)13(21)12(19)14(18)22/h2-3,8-9,11,15-16,21H,4-7H2,1H3/t8?,9?,11-/m0/s1. The molecule has 0 spiro atoms. The van der Waals surface area contributed by atoms with Crippen LogP contribution in [0.4, 0.5) is 0 Å². The first-order chi connectivity index (χ1) is 11.7.